The number of nitro benzene ring substituents is 1. The van der Waals surface area contributed by atoms with Crippen LogP contribution < -0.4 is 4.18 Å². The van der Waals surface area contributed by atoms with Gasteiger partial charge in [-0.1, -0.05) is 41.4 Å². The molecule has 2 rings (SSSR count). The molecule has 0 bridgehead atoms. The van der Waals surface area contributed by atoms with Gasteiger partial charge in [0.15, 0.2) is 5.75 Å². The van der Waals surface area contributed by atoms with Crippen LogP contribution in [0.5, 0.6) is 5.75 Å². The van der Waals surface area contributed by atoms with E-state index in [9.17, 15) is 18.5 Å². The third-order valence-electron chi connectivity index (χ3n) is 2.77. The molecular weight excluding hydrogens is 330 g/mol. The summed E-state index contributed by atoms with van der Waals surface area (Å²) in [5.74, 6) is -0.456. The summed E-state index contributed by atoms with van der Waals surface area (Å²) >= 11 is 5.81. The molecule has 8 heteroatoms. The molecule has 0 heterocycles. The van der Waals surface area contributed by atoms with Crippen molar-refractivity contribution in [2.75, 3.05) is 0 Å². The largest absolute Gasteiger partial charge is 0.381 e. The molecule has 116 valence electrons. The van der Waals surface area contributed by atoms with Crippen molar-refractivity contribution in [3.05, 3.63) is 68.7 Å². The average Bonchev–Trinajstić information content (AvgIpc) is 2.40. The van der Waals surface area contributed by atoms with Crippen LogP contribution in [0, 0.1) is 17.0 Å². The Kier molecular flexibility index (Phi) is 4.68. The van der Waals surface area contributed by atoms with Gasteiger partial charge in [0, 0.05) is 12.1 Å². The van der Waals surface area contributed by atoms with Gasteiger partial charge in [0.2, 0.25) is 0 Å². The van der Waals surface area contributed by atoms with Gasteiger partial charge < -0.3 is 4.18 Å². The van der Waals surface area contributed by atoms with E-state index in [-0.39, 0.29) is 22.2 Å². The van der Waals surface area contributed by atoms with Gasteiger partial charge in [-0.15, -0.1) is 0 Å². The van der Waals surface area contributed by atoms with Crippen molar-refractivity contribution in [3.8, 4) is 5.75 Å². The van der Waals surface area contributed by atoms with E-state index in [2.05, 4.69) is 0 Å². The molecule has 22 heavy (non-hydrogen) atoms. The lowest BCUT2D eigenvalue weighted by atomic mass is 10.2. The summed E-state index contributed by atoms with van der Waals surface area (Å²) in [7, 11) is -3.91. The quantitative estimate of drug-likeness (QED) is 0.472. The monoisotopic (exact) mass is 341 g/mol. The molecule has 0 unspecified atom stereocenters. The number of rotatable bonds is 5. The maximum absolute atomic E-state index is 12.0. The van der Waals surface area contributed by atoms with Crippen LogP contribution in [0.4, 0.5) is 5.69 Å². The number of nitro groups is 1. The van der Waals surface area contributed by atoms with Crippen molar-refractivity contribution in [1.82, 2.24) is 0 Å². The number of nitrogens with zero attached hydrogens (tertiary/aromatic N) is 1. The molecule has 0 fully saturated rings. The second-order valence-corrected chi connectivity index (χ2v) is 6.62. The van der Waals surface area contributed by atoms with Gasteiger partial charge in [-0.05, 0) is 18.6 Å². The summed E-state index contributed by atoms with van der Waals surface area (Å²) in [5.41, 5.74) is 1.27. The SMILES string of the molecule is Cc1cccc(CS(=O)(=O)Oc2ccc([N+](=O)[O-])cc2Cl)c1. The van der Waals surface area contributed by atoms with Crippen LogP contribution in [0.15, 0.2) is 42.5 Å². The van der Waals surface area contributed by atoms with Crippen LogP contribution in [0.2, 0.25) is 5.02 Å². The third-order valence-corrected chi connectivity index (χ3v) is 4.18. The van der Waals surface area contributed by atoms with Gasteiger partial charge >= 0.3 is 10.1 Å². The lowest BCUT2D eigenvalue weighted by Crippen LogP contribution is -2.12. The van der Waals surface area contributed by atoms with Crippen LogP contribution >= 0.6 is 11.6 Å². The Morgan fingerprint density at radius 3 is 2.55 bits per heavy atom. The summed E-state index contributed by atoms with van der Waals surface area (Å²) in [6, 6.07) is 10.3. The fraction of sp³-hybridized carbons (Fsp3) is 0.143. The van der Waals surface area contributed by atoms with E-state index in [1.54, 1.807) is 18.2 Å². The van der Waals surface area contributed by atoms with Crippen LogP contribution in [-0.2, 0) is 15.9 Å². The van der Waals surface area contributed by atoms with Crippen molar-refractivity contribution < 1.29 is 17.5 Å². The Bertz CT molecular complexity index is 820. The summed E-state index contributed by atoms with van der Waals surface area (Å²) in [6.45, 7) is 1.85. The molecule has 0 saturated carbocycles. The van der Waals surface area contributed by atoms with E-state index in [1.807, 2.05) is 13.0 Å². The number of hydrogen-bond donors (Lipinski definition) is 0. The summed E-state index contributed by atoms with van der Waals surface area (Å²) in [5, 5.41) is 10.5. The van der Waals surface area contributed by atoms with Crippen molar-refractivity contribution in [3.63, 3.8) is 0 Å². The number of benzene rings is 2. The summed E-state index contributed by atoms with van der Waals surface area (Å²) in [6.07, 6.45) is 0. The average molecular weight is 342 g/mol. The van der Waals surface area contributed by atoms with E-state index < -0.39 is 15.0 Å². The fourth-order valence-corrected chi connectivity index (χ4v) is 3.17. The highest BCUT2D eigenvalue weighted by Gasteiger charge is 2.18. The number of non-ortho nitro benzene ring substituents is 1. The van der Waals surface area contributed by atoms with E-state index in [1.165, 1.54) is 0 Å². The van der Waals surface area contributed by atoms with Gasteiger partial charge in [-0.2, -0.15) is 8.42 Å². The predicted octanol–water partition coefficient (Wildman–Crippen LogP) is 3.47. The van der Waals surface area contributed by atoms with Crippen molar-refractivity contribution in [1.29, 1.82) is 0 Å². The maximum Gasteiger partial charge on any atom is 0.313 e. The molecule has 0 aliphatic heterocycles. The highest BCUT2D eigenvalue weighted by Crippen LogP contribution is 2.30. The zero-order chi connectivity index (χ0) is 16.3. The number of hydrogen-bond acceptors (Lipinski definition) is 5. The fourth-order valence-electron chi connectivity index (χ4n) is 1.84. The molecule has 0 amide bonds. The van der Waals surface area contributed by atoms with E-state index in [4.69, 9.17) is 15.8 Å². The standard InChI is InChI=1S/C14H12ClNO5S/c1-10-3-2-4-11(7-10)9-22(19,20)21-14-6-5-12(16(17)18)8-13(14)15/h2-8H,9H2,1H3. The third kappa shape index (κ3) is 4.19. The van der Waals surface area contributed by atoms with Crippen LogP contribution in [0.1, 0.15) is 11.1 Å². The first-order valence-electron chi connectivity index (χ1n) is 6.18. The Balaban J connectivity index is 2.20. The van der Waals surface area contributed by atoms with Crippen LogP contribution in [-0.4, -0.2) is 13.3 Å². The summed E-state index contributed by atoms with van der Waals surface area (Å²) in [4.78, 5) is 9.98. The lowest BCUT2D eigenvalue weighted by Gasteiger charge is -2.08. The molecule has 0 aromatic heterocycles. The zero-order valence-corrected chi connectivity index (χ0v) is 13.1. The Morgan fingerprint density at radius 1 is 1.23 bits per heavy atom. The van der Waals surface area contributed by atoms with E-state index in [0.717, 1.165) is 23.8 Å². The highest BCUT2D eigenvalue weighted by molar-refractivity contribution is 7.86. The molecular formula is C14H12ClNO5S. The van der Waals surface area contributed by atoms with Gasteiger partial charge in [0.05, 0.1) is 9.95 Å². The molecule has 0 atom stereocenters. The second-order valence-electron chi connectivity index (χ2n) is 4.65. The number of halogens is 1. The topological polar surface area (TPSA) is 86.5 Å². The molecule has 0 saturated heterocycles. The second kappa shape index (κ2) is 6.33. The highest BCUT2D eigenvalue weighted by atomic mass is 35.5. The van der Waals surface area contributed by atoms with Crippen molar-refractivity contribution >= 4 is 27.4 Å². The normalized spacial score (nSPS) is 11.2. The van der Waals surface area contributed by atoms with Crippen LogP contribution in [0.3, 0.4) is 0 Å². The minimum atomic E-state index is -3.91. The maximum atomic E-state index is 12.0. The van der Waals surface area contributed by atoms with Gasteiger partial charge in [0.1, 0.15) is 5.75 Å². The predicted molar refractivity (Wildman–Crippen MR) is 82.5 cm³/mol. The zero-order valence-electron chi connectivity index (χ0n) is 11.5. The molecule has 0 aliphatic rings. The molecule has 2 aromatic rings. The van der Waals surface area contributed by atoms with Crippen LogP contribution in [0.25, 0.3) is 0 Å². The summed E-state index contributed by atoms with van der Waals surface area (Å²) < 4.78 is 29.0. The van der Waals surface area contributed by atoms with Gasteiger partial charge in [0.25, 0.3) is 5.69 Å². The molecule has 0 radical (unpaired) electrons. The molecule has 6 nitrogen and oxygen atoms in total. The Morgan fingerprint density at radius 2 is 1.95 bits per heavy atom. The first-order valence-corrected chi connectivity index (χ1v) is 8.14. The van der Waals surface area contributed by atoms with E-state index >= 15 is 0 Å². The van der Waals surface area contributed by atoms with Crippen molar-refractivity contribution in [2.24, 2.45) is 0 Å². The minimum Gasteiger partial charge on any atom is -0.381 e. The Hall–Kier alpha value is -2.12. The van der Waals surface area contributed by atoms with Crippen molar-refractivity contribution in [2.45, 2.75) is 12.7 Å². The van der Waals surface area contributed by atoms with Gasteiger partial charge in [-0.3, -0.25) is 10.1 Å². The van der Waals surface area contributed by atoms with E-state index in [0.29, 0.717) is 5.56 Å². The van der Waals surface area contributed by atoms with Gasteiger partial charge in [-0.25, -0.2) is 0 Å². The first kappa shape index (κ1) is 16.3. The first-order chi connectivity index (χ1) is 10.3. The molecule has 0 spiro atoms. The number of aryl methyl sites for hydroxylation is 1. The minimum absolute atomic E-state index is 0.137. The molecule has 0 N–H and O–H groups in total. The molecule has 0 aliphatic carbocycles. The molecule has 2 aromatic carbocycles. The smallest absolute Gasteiger partial charge is 0.313 e. The lowest BCUT2D eigenvalue weighted by molar-refractivity contribution is -0.384. The Labute approximate surface area is 132 Å².